The second kappa shape index (κ2) is 68.9. The molecule has 11 atom stereocenters. The van der Waals surface area contributed by atoms with Gasteiger partial charge < -0.3 is 175 Å². The number of thiophene rings is 1. The number of nitrogens with zero attached hydrogens (tertiary/aromatic N) is 2. The lowest BCUT2D eigenvalue weighted by Gasteiger charge is -2.26. The van der Waals surface area contributed by atoms with Crippen LogP contribution in [0, 0.1) is 5.82 Å². The Hall–Kier alpha value is -11.2. The van der Waals surface area contributed by atoms with Gasteiger partial charge in [0.25, 0.3) is 11.8 Å². The van der Waals surface area contributed by atoms with E-state index in [0.29, 0.717) is 47.3 Å². The molecule has 0 unspecified atom stereocenters. The number of aliphatic hydroxyl groups is 10. The molecule has 13 amide bonds. The quantitative estimate of drug-likeness (QED) is 0.0108. The largest absolute Gasteiger partial charge is 0.493 e. The summed E-state index contributed by atoms with van der Waals surface area (Å²) in [4.78, 5) is 206. The van der Waals surface area contributed by atoms with Crippen molar-refractivity contribution in [2.24, 2.45) is 0 Å². The van der Waals surface area contributed by atoms with Crippen LogP contribution in [0.2, 0.25) is 5.02 Å². The Kier molecular flexibility index (Phi) is 59.0. The smallest absolute Gasteiger partial charge is 0.306 e. The number of ketones is 1. The highest BCUT2D eigenvalue weighted by atomic mass is 35.5. The monoisotopic (exact) mass is 2090 g/mol. The number of carbonyl (C=O) groups excluding carboxylic acids is 16. The SMILES string of the molecule is CCOC(=O)CCC(=O)N1Cc2cc(OC)c(OCCCOc3c(OC)cc4sc(C(=O)CCC(=O)O[C@@H](C)CNC(=O)CC[C@H](NC(=O)CN5C(=O)C=CC5=O)C(=O)NCC(=O)NCC(=O)NCC(=O)NCC(=O)NCCOCCOCCOCCOCCOCCOCCOCCOCCC(=O)N[C@@H](CCC(=O)NC[C@H](O)[C@@H](O)[C@H](O)[C@H](O)CO)C(=O)NC[C@H](O)[C@@H](O)[C@H](O)[C@H](O)CO)cc4c3F)c(Cl)c2C1. The number of hydrogen-bond donors (Lipinski definition) is 20. The van der Waals surface area contributed by atoms with Crippen LogP contribution >= 0.6 is 22.9 Å². The van der Waals surface area contributed by atoms with Gasteiger partial charge in [-0.15, -0.1) is 11.3 Å². The van der Waals surface area contributed by atoms with Gasteiger partial charge in [-0.05, 0) is 49.9 Å². The molecule has 52 nitrogen and oxygen atoms in total. The summed E-state index contributed by atoms with van der Waals surface area (Å²) >= 11 is 7.75. The molecule has 0 saturated heterocycles. The molecule has 144 heavy (non-hydrogen) atoms. The van der Waals surface area contributed by atoms with Crippen molar-refractivity contribution < 1.29 is 198 Å². The fourth-order valence-electron chi connectivity index (χ4n) is 12.9. The van der Waals surface area contributed by atoms with Crippen LogP contribution in [-0.2, 0) is 132 Å². The molecule has 808 valence electrons. The van der Waals surface area contributed by atoms with Gasteiger partial charge >= 0.3 is 11.9 Å². The molecule has 2 aliphatic rings. The second-order valence-corrected chi connectivity index (χ2v) is 33.3. The van der Waals surface area contributed by atoms with Crippen LogP contribution in [0.3, 0.4) is 0 Å². The van der Waals surface area contributed by atoms with E-state index in [4.69, 9.17) is 88.1 Å². The number of fused-ring (bicyclic) bond motifs is 2. The minimum atomic E-state index is -2.02. The van der Waals surface area contributed by atoms with Crippen LogP contribution in [0.1, 0.15) is 98.9 Å². The zero-order valence-electron chi connectivity index (χ0n) is 80.2. The van der Waals surface area contributed by atoms with E-state index in [2.05, 4.69) is 53.2 Å². The van der Waals surface area contributed by atoms with Crippen molar-refractivity contribution in [2.45, 2.75) is 158 Å². The first kappa shape index (κ1) is 123. The van der Waals surface area contributed by atoms with Crippen LogP contribution in [0.5, 0.6) is 23.0 Å². The maximum atomic E-state index is 16.2. The maximum absolute atomic E-state index is 16.2. The van der Waals surface area contributed by atoms with E-state index in [-0.39, 0.29) is 202 Å². The molecule has 0 fully saturated rings. The number of hydrogen-bond acceptors (Lipinski definition) is 41. The number of nitrogens with one attached hydrogen (secondary N) is 10. The Labute approximate surface area is 835 Å². The van der Waals surface area contributed by atoms with Crippen LogP contribution in [0.25, 0.3) is 10.1 Å². The normalized spacial score (nSPS) is 14.5. The molecule has 5 rings (SSSR count). The van der Waals surface area contributed by atoms with Crippen LogP contribution in [0.4, 0.5) is 4.39 Å². The fourth-order valence-corrected chi connectivity index (χ4v) is 14.3. The summed E-state index contributed by atoms with van der Waals surface area (Å²) in [6, 6.07) is 1.57. The highest BCUT2D eigenvalue weighted by Crippen LogP contribution is 2.44. The average Bonchev–Trinajstić information content (AvgIpc) is 1.64. The first-order valence-corrected chi connectivity index (χ1v) is 47.3. The summed E-state index contributed by atoms with van der Waals surface area (Å²) in [6.45, 7) is 0.397. The summed E-state index contributed by atoms with van der Waals surface area (Å²) in [7, 11) is 2.75. The maximum Gasteiger partial charge on any atom is 0.306 e. The zero-order valence-corrected chi connectivity index (χ0v) is 81.8. The van der Waals surface area contributed by atoms with E-state index in [1.807, 2.05) is 0 Å². The summed E-state index contributed by atoms with van der Waals surface area (Å²) in [6.07, 6.45) is -16.9. The van der Waals surface area contributed by atoms with E-state index < -0.39 is 246 Å². The molecule has 2 aromatic carbocycles. The Balaban J connectivity index is 0.847. The van der Waals surface area contributed by atoms with Gasteiger partial charge in [0.05, 0.1) is 221 Å². The molecule has 0 bridgehead atoms. The first-order chi connectivity index (χ1) is 68.9. The zero-order chi connectivity index (χ0) is 106. The lowest BCUT2D eigenvalue weighted by atomic mass is 10.0. The fraction of sp³-hybridized carbons (Fsp3) is 0.640. The van der Waals surface area contributed by atoms with Gasteiger partial charge in [0.15, 0.2) is 34.6 Å². The van der Waals surface area contributed by atoms with Crippen LogP contribution < -0.4 is 72.1 Å². The lowest BCUT2D eigenvalue weighted by Crippen LogP contribution is -2.53. The molecule has 1 aromatic heterocycles. The summed E-state index contributed by atoms with van der Waals surface area (Å²) < 4.78 is 93.4. The Bertz CT molecular complexity index is 4640. The number of imide groups is 1. The van der Waals surface area contributed by atoms with Crippen molar-refractivity contribution in [1.82, 2.24) is 63.0 Å². The summed E-state index contributed by atoms with van der Waals surface area (Å²) in [5, 5.41) is 121. The van der Waals surface area contributed by atoms with E-state index in [1.54, 1.807) is 17.9 Å². The van der Waals surface area contributed by atoms with Gasteiger partial charge in [0, 0.05) is 99.6 Å². The molecule has 3 heterocycles. The van der Waals surface area contributed by atoms with E-state index >= 15 is 4.39 Å². The summed E-state index contributed by atoms with van der Waals surface area (Å²) in [5.74, 6) is -12.4. The number of halogens is 2. The number of carbonyl (C=O) groups is 16. The van der Waals surface area contributed by atoms with Gasteiger partial charge in [0.2, 0.25) is 65.0 Å². The predicted octanol–water partition coefficient (Wildman–Crippen LogP) is -7.58. The molecule has 2 aliphatic heterocycles. The van der Waals surface area contributed by atoms with E-state index in [0.717, 1.165) is 29.1 Å². The minimum Gasteiger partial charge on any atom is -0.493 e. The highest BCUT2D eigenvalue weighted by Gasteiger charge is 2.36. The molecule has 0 saturated carbocycles. The van der Waals surface area contributed by atoms with Crippen molar-refractivity contribution >= 4 is 128 Å². The number of benzene rings is 2. The third kappa shape index (κ3) is 46.4. The number of ether oxygens (including phenoxy) is 14. The van der Waals surface area contributed by atoms with Gasteiger partial charge in [0.1, 0.15) is 61.4 Å². The summed E-state index contributed by atoms with van der Waals surface area (Å²) in [5.41, 5.74) is 1.41. The minimum absolute atomic E-state index is 0.0334. The third-order valence-corrected chi connectivity index (χ3v) is 22.3. The van der Waals surface area contributed by atoms with Gasteiger partial charge in [-0.1, -0.05) is 11.6 Å². The predicted molar refractivity (Wildman–Crippen MR) is 497 cm³/mol. The number of aliphatic hydroxyl groups excluding tert-OH is 10. The molecule has 0 aliphatic carbocycles. The van der Waals surface area contributed by atoms with Gasteiger partial charge in [-0.25, -0.2) is 4.39 Å². The number of esters is 2. The van der Waals surface area contributed by atoms with Crippen LogP contribution in [0.15, 0.2) is 30.4 Å². The topological polar surface area (TPSA) is 731 Å². The molecule has 0 radical (unpaired) electrons. The molecule has 0 spiro atoms. The third-order valence-electron chi connectivity index (χ3n) is 20.8. The number of rotatable bonds is 78. The lowest BCUT2D eigenvalue weighted by molar-refractivity contribution is -0.148. The number of Topliss-reactive ketones (excluding diaryl/α,β-unsaturated/α-hetero) is 1. The molecule has 20 N–H and O–H groups in total. The number of amides is 13. The number of methoxy groups -OCH3 is 2. The molecular weight excluding hydrogens is 1960 g/mol. The van der Waals surface area contributed by atoms with Gasteiger partial charge in [-0.3, -0.25) is 81.6 Å². The Morgan fingerprint density at radius 3 is 1.40 bits per heavy atom. The van der Waals surface area contributed by atoms with Crippen molar-refractivity contribution in [3.63, 3.8) is 0 Å². The van der Waals surface area contributed by atoms with Crippen molar-refractivity contribution in [3.8, 4) is 23.0 Å². The molecular formula is C89H132ClFN12O40S. The second-order valence-electron chi connectivity index (χ2n) is 31.8. The Morgan fingerprint density at radius 2 is 0.896 bits per heavy atom. The Morgan fingerprint density at radius 1 is 0.458 bits per heavy atom. The highest BCUT2D eigenvalue weighted by molar-refractivity contribution is 7.20. The van der Waals surface area contributed by atoms with Crippen LogP contribution in [-0.4, -0.2) is 434 Å². The van der Waals surface area contributed by atoms with Gasteiger partial charge in [-0.2, -0.15) is 0 Å². The van der Waals surface area contributed by atoms with E-state index in [1.165, 1.54) is 33.3 Å². The van der Waals surface area contributed by atoms with E-state index in [9.17, 15) is 118 Å². The van der Waals surface area contributed by atoms with Crippen molar-refractivity contribution in [1.29, 1.82) is 0 Å². The standard InChI is InChI=1S/C89H132ClFN12O40S/c1-5-140-78(122)16-14-75(119)102-47-53-37-63(130-3)86(80(90)55(53)48-102)141-19-6-20-142-87-64(131-4)39-65-54(81(87)91)38-66(144-65)58(106)9-15-79(123)143-52(2)40-93-67(111)10-8-57(101-74(118)49-103-76(120)12-13-77(103)121)89(129)99-46-73(117)97-45-72(116)96-44-71(115)95-43-70(114)92-18-22-133-24-26-135-28-30-137-32-34-139-36-35-138-33-31-136-29-27-134-25-23-132-21-17-69(113)100-56(88(128)98-42-60(108)83(125)85(127)62(110)51-105)7-11-68(112)94-41-59(107)82(124)84(126)61(109)50-104/h12-13,37-39,52,56-57,59-62,82-85,104-105,107-110,124-127H,5-11,14-36,40-51H2,1-4H3,(H,92,114)(H,93,111)(H,94,112)(H,95,115)(H,96,116)(H,97,117)(H,98,128)(H,99,129)(H,100,113)(H,101,118)/t52-,56-,57-,59-,60-,61+,62+,82+,83+,84+,85+/m0/s1. The van der Waals surface area contributed by atoms with Crippen molar-refractivity contribution in [2.75, 3.05) is 212 Å². The molecule has 55 heteroatoms. The van der Waals surface area contributed by atoms with Crippen molar-refractivity contribution in [3.05, 3.63) is 57.2 Å². The first-order valence-electron chi connectivity index (χ1n) is 46.1. The average molecular weight is 2100 g/mol. The molecule has 3 aromatic rings.